The van der Waals surface area contributed by atoms with Gasteiger partial charge in [0.15, 0.2) is 17.3 Å². The van der Waals surface area contributed by atoms with Crippen molar-refractivity contribution in [1.29, 1.82) is 0 Å². The first-order valence-corrected chi connectivity index (χ1v) is 6.15. The monoisotopic (exact) mass is 259 g/mol. The molecule has 100 valence electrons. The molecule has 1 aromatic carbocycles. The van der Waals surface area contributed by atoms with E-state index in [1.807, 2.05) is 0 Å². The van der Waals surface area contributed by atoms with E-state index in [0.717, 1.165) is 24.1 Å². The number of phenolic OH excluding ortho intramolecular Hbond substituents is 1. The van der Waals surface area contributed by atoms with E-state index in [1.54, 1.807) is 24.3 Å². The molecule has 0 amide bonds. The second kappa shape index (κ2) is 5.56. The molecule has 0 spiro atoms. The smallest absolute Gasteiger partial charge is 0.161 e. The number of aromatic nitrogens is 2. The second-order valence-electron chi connectivity index (χ2n) is 4.24. The van der Waals surface area contributed by atoms with Crippen molar-refractivity contribution in [3.8, 4) is 22.9 Å². The summed E-state index contributed by atoms with van der Waals surface area (Å²) in [6.45, 7) is 2.08. The number of nitrogen functional groups attached to an aromatic ring is 1. The molecule has 19 heavy (non-hydrogen) atoms. The van der Waals surface area contributed by atoms with Crippen molar-refractivity contribution in [2.45, 2.75) is 19.8 Å². The molecule has 0 unspecified atom stereocenters. The maximum atomic E-state index is 9.58. The van der Waals surface area contributed by atoms with Gasteiger partial charge in [-0.1, -0.05) is 13.3 Å². The van der Waals surface area contributed by atoms with Gasteiger partial charge < -0.3 is 15.6 Å². The van der Waals surface area contributed by atoms with Gasteiger partial charge in [-0.3, -0.25) is 0 Å². The molecular weight excluding hydrogens is 242 g/mol. The van der Waals surface area contributed by atoms with E-state index < -0.39 is 0 Å². The maximum absolute atomic E-state index is 9.58. The predicted octanol–water partition coefficient (Wildman–Crippen LogP) is 2.39. The Labute approximate surface area is 112 Å². The molecule has 0 fully saturated rings. The van der Waals surface area contributed by atoms with Crippen molar-refractivity contribution in [3.05, 3.63) is 30.0 Å². The van der Waals surface area contributed by atoms with E-state index in [9.17, 15) is 5.11 Å². The van der Waals surface area contributed by atoms with E-state index in [2.05, 4.69) is 16.9 Å². The summed E-state index contributed by atoms with van der Waals surface area (Å²) in [7, 11) is 1.50. The minimum Gasteiger partial charge on any atom is -0.504 e. The Balaban J connectivity index is 2.46. The molecule has 0 aliphatic heterocycles. The zero-order valence-corrected chi connectivity index (χ0v) is 11.1. The lowest BCUT2D eigenvalue weighted by atomic mass is 10.1. The summed E-state index contributed by atoms with van der Waals surface area (Å²) in [6.07, 6.45) is 1.85. The van der Waals surface area contributed by atoms with Crippen LogP contribution in [0.2, 0.25) is 0 Å². The third-order valence-electron chi connectivity index (χ3n) is 2.74. The fourth-order valence-corrected chi connectivity index (χ4v) is 1.85. The molecule has 2 rings (SSSR count). The molecule has 0 saturated heterocycles. The largest absolute Gasteiger partial charge is 0.504 e. The number of nitrogens with two attached hydrogens (primary N) is 1. The quantitative estimate of drug-likeness (QED) is 0.881. The first-order valence-electron chi connectivity index (χ1n) is 6.15. The number of ether oxygens (including phenoxy) is 1. The Bertz CT molecular complexity index is 585. The van der Waals surface area contributed by atoms with Gasteiger partial charge in [-0.15, -0.1) is 0 Å². The zero-order valence-electron chi connectivity index (χ0n) is 11.1. The molecule has 3 N–H and O–H groups in total. The number of nitrogens with zero attached hydrogens (tertiary/aromatic N) is 2. The van der Waals surface area contributed by atoms with Crippen LogP contribution in [0, 0.1) is 0 Å². The molecule has 0 aliphatic carbocycles. The van der Waals surface area contributed by atoms with Gasteiger partial charge in [0.1, 0.15) is 5.82 Å². The Morgan fingerprint density at radius 2 is 2.05 bits per heavy atom. The molecule has 0 saturated carbocycles. The number of hydrogen-bond donors (Lipinski definition) is 2. The van der Waals surface area contributed by atoms with E-state index in [-0.39, 0.29) is 5.75 Å². The highest BCUT2D eigenvalue weighted by atomic mass is 16.5. The Hall–Kier alpha value is -2.30. The summed E-state index contributed by atoms with van der Waals surface area (Å²) >= 11 is 0. The number of aromatic hydroxyl groups is 1. The van der Waals surface area contributed by atoms with Crippen LogP contribution in [-0.2, 0) is 6.42 Å². The molecule has 0 aliphatic rings. The summed E-state index contributed by atoms with van der Waals surface area (Å²) in [5, 5.41) is 9.58. The van der Waals surface area contributed by atoms with Gasteiger partial charge in [-0.05, 0) is 24.6 Å². The zero-order chi connectivity index (χ0) is 13.8. The highest BCUT2D eigenvalue weighted by Crippen LogP contribution is 2.30. The highest BCUT2D eigenvalue weighted by Gasteiger charge is 2.09. The van der Waals surface area contributed by atoms with Crippen molar-refractivity contribution < 1.29 is 9.84 Å². The average molecular weight is 259 g/mol. The van der Waals surface area contributed by atoms with Gasteiger partial charge in [-0.25, -0.2) is 9.97 Å². The van der Waals surface area contributed by atoms with Crippen molar-refractivity contribution in [1.82, 2.24) is 9.97 Å². The lowest BCUT2D eigenvalue weighted by molar-refractivity contribution is 0.373. The van der Waals surface area contributed by atoms with Gasteiger partial charge >= 0.3 is 0 Å². The van der Waals surface area contributed by atoms with E-state index in [1.165, 1.54) is 7.11 Å². The van der Waals surface area contributed by atoms with E-state index in [0.29, 0.717) is 17.4 Å². The molecule has 0 radical (unpaired) electrons. The summed E-state index contributed by atoms with van der Waals surface area (Å²) in [6, 6.07) is 6.77. The molecule has 0 atom stereocenters. The van der Waals surface area contributed by atoms with Crippen molar-refractivity contribution in [2.24, 2.45) is 0 Å². The van der Waals surface area contributed by atoms with Gasteiger partial charge in [0.25, 0.3) is 0 Å². The van der Waals surface area contributed by atoms with E-state index >= 15 is 0 Å². The number of phenols is 1. The third kappa shape index (κ3) is 2.93. The number of rotatable bonds is 4. The lowest BCUT2D eigenvalue weighted by Gasteiger charge is -2.08. The molecule has 1 heterocycles. The minimum atomic E-state index is 0.0870. The predicted molar refractivity (Wildman–Crippen MR) is 74.1 cm³/mol. The first kappa shape index (κ1) is 13.1. The lowest BCUT2D eigenvalue weighted by Crippen LogP contribution is -2.00. The van der Waals surface area contributed by atoms with Crippen LogP contribution in [0.3, 0.4) is 0 Å². The van der Waals surface area contributed by atoms with Crippen LogP contribution in [0.5, 0.6) is 11.5 Å². The number of anilines is 1. The SMILES string of the molecule is CCCc1cc(N)nc(-c2ccc(O)c(OC)c2)n1. The summed E-state index contributed by atoms with van der Waals surface area (Å²) in [5.74, 6) is 1.46. The maximum Gasteiger partial charge on any atom is 0.161 e. The average Bonchev–Trinajstić information content (AvgIpc) is 2.39. The highest BCUT2D eigenvalue weighted by molar-refractivity contribution is 5.62. The van der Waals surface area contributed by atoms with Crippen LogP contribution in [-0.4, -0.2) is 22.2 Å². The van der Waals surface area contributed by atoms with Gasteiger partial charge in [-0.2, -0.15) is 0 Å². The first-order chi connectivity index (χ1) is 9.13. The summed E-state index contributed by atoms with van der Waals surface area (Å²) < 4.78 is 5.08. The molecule has 5 heteroatoms. The van der Waals surface area contributed by atoms with Crippen molar-refractivity contribution in [3.63, 3.8) is 0 Å². The second-order valence-corrected chi connectivity index (χ2v) is 4.24. The summed E-state index contributed by atoms with van der Waals surface area (Å²) in [5.41, 5.74) is 7.47. The Morgan fingerprint density at radius 1 is 1.26 bits per heavy atom. The third-order valence-corrected chi connectivity index (χ3v) is 2.74. The standard InChI is InChI=1S/C14H17N3O2/c1-3-4-10-8-13(15)17-14(16-10)9-5-6-11(18)12(7-9)19-2/h5-8,18H,3-4H2,1-2H3,(H2,15,16,17). The molecular formula is C14H17N3O2. The Kier molecular flexibility index (Phi) is 3.85. The van der Waals surface area contributed by atoms with Crippen LogP contribution in [0.1, 0.15) is 19.0 Å². The fraction of sp³-hybridized carbons (Fsp3) is 0.286. The number of benzene rings is 1. The normalized spacial score (nSPS) is 10.4. The van der Waals surface area contributed by atoms with Gasteiger partial charge in [0.2, 0.25) is 0 Å². The van der Waals surface area contributed by atoms with Crippen molar-refractivity contribution >= 4 is 5.82 Å². The molecule has 2 aromatic rings. The van der Waals surface area contributed by atoms with Gasteiger partial charge in [0.05, 0.1) is 7.11 Å². The van der Waals surface area contributed by atoms with Crippen LogP contribution in [0.4, 0.5) is 5.82 Å². The molecule has 1 aromatic heterocycles. The Morgan fingerprint density at radius 3 is 2.74 bits per heavy atom. The number of methoxy groups -OCH3 is 1. The van der Waals surface area contributed by atoms with Crippen LogP contribution >= 0.6 is 0 Å². The molecule has 0 bridgehead atoms. The van der Waals surface area contributed by atoms with E-state index in [4.69, 9.17) is 10.5 Å². The van der Waals surface area contributed by atoms with Crippen LogP contribution in [0.15, 0.2) is 24.3 Å². The van der Waals surface area contributed by atoms with Crippen LogP contribution < -0.4 is 10.5 Å². The summed E-state index contributed by atoms with van der Waals surface area (Å²) in [4.78, 5) is 8.69. The number of hydrogen-bond acceptors (Lipinski definition) is 5. The minimum absolute atomic E-state index is 0.0870. The van der Waals surface area contributed by atoms with Gasteiger partial charge in [0, 0.05) is 17.3 Å². The van der Waals surface area contributed by atoms with Crippen LogP contribution in [0.25, 0.3) is 11.4 Å². The van der Waals surface area contributed by atoms with Crippen molar-refractivity contribution in [2.75, 3.05) is 12.8 Å². The number of aryl methyl sites for hydroxylation is 1. The molecule has 5 nitrogen and oxygen atoms in total. The fourth-order valence-electron chi connectivity index (χ4n) is 1.85. The topological polar surface area (TPSA) is 81.3 Å².